The van der Waals surface area contributed by atoms with Crippen molar-refractivity contribution >= 4 is 11.3 Å². The highest BCUT2D eigenvalue weighted by Crippen LogP contribution is 2.29. The predicted octanol–water partition coefficient (Wildman–Crippen LogP) is 2.40. The maximum atomic E-state index is 5.78. The maximum absolute atomic E-state index is 5.78. The molecule has 0 bridgehead atoms. The molecule has 0 atom stereocenters. The SMILES string of the molecule is CCCCc1c(CN)nnn1-c1nc2c(s1)CCCC2. The van der Waals surface area contributed by atoms with Crippen LogP contribution in [0.4, 0.5) is 0 Å². The number of thiazole rings is 1. The number of aryl methyl sites for hydroxylation is 2. The van der Waals surface area contributed by atoms with Crippen LogP contribution in [0.25, 0.3) is 5.13 Å². The van der Waals surface area contributed by atoms with Gasteiger partial charge in [0.25, 0.3) is 0 Å². The van der Waals surface area contributed by atoms with Gasteiger partial charge in [0.1, 0.15) is 0 Å². The Morgan fingerprint density at radius 1 is 1.30 bits per heavy atom. The lowest BCUT2D eigenvalue weighted by atomic mass is 10.0. The van der Waals surface area contributed by atoms with Crippen molar-refractivity contribution in [3.63, 3.8) is 0 Å². The summed E-state index contributed by atoms with van der Waals surface area (Å²) in [6, 6.07) is 0. The van der Waals surface area contributed by atoms with E-state index in [9.17, 15) is 0 Å². The summed E-state index contributed by atoms with van der Waals surface area (Å²) in [5, 5.41) is 9.48. The van der Waals surface area contributed by atoms with Crippen molar-refractivity contribution in [2.45, 2.75) is 58.4 Å². The van der Waals surface area contributed by atoms with Crippen LogP contribution in [0.3, 0.4) is 0 Å². The molecule has 1 aliphatic carbocycles. The molecule has 2 aromatic heterocycles. The van der Waals surface area contributed by atoms with E-state index >= 15 is 0 Å². The van der Waals surface area contributed by atoms with E-state index in [1.54, 1.807) is 11.3 Å². The molecule has 0 amide bonds. The number of rotatable bonds is 5. The van der Waals surface area contributed by atoms with Gasteiger partial charge in [-0.25, -0.2) is 4.98 Å². The third-order valence-corrected chi connectivity index (χ3v) is 4.95. The summed E-state index contributed by atoms with van der Waals surface area (Å²) >= 11 is 1.77. The number of fused-ring (bicyclic) bond motifs is 1. The van der Waals surface area contributed by atoms with Crippen LogP contribution in [-0.4, -0.2) is 20.0 Å². The largest absolute Gasteiger partial charge is 0.325 e. The van der Waals surface area contributed by atoms with Crippen LogP contribution in [0.2, 0.25) is 0 Å². The summed E-state index contributed by atoms with van der Waals surface area (Å²) in [5.41, 5.74) is 9.09. The van der Waals surface area contributed by atoms with Crippen LogP contribution in [0.5, 0.6) is 0 Å². The van der Waals surface area contributed by atoms with Crippen LogP contribution in [0, 0.1) is 0 Å². The molecular formula is C14H21N5S. The molecule has 0 aromatic carbocycles. The lowest BCUT2D eigenvalue weighted by molar-refractivity contribution is 0.675. The first-order valence-electron chi connectivity index (χ1n) is 7.46. The Morgan fingerprint density at radius 3 is 2.90 bits per heavy atom. The average molecular weight is 291 g/mol. The average Bonchev–Trinajstić information content (AvgIpc) is 3.07. The van der Waals surface area contributed by atoms with E-state index in [0.29, 0.717) is 6.54 Å². The minimum Gasteiger partial charge on any atom is -0.325 e. The second kappa shape index (κ2) is 6.01. The third kappa shape index (κ3) is 2.50. The van der Waals surface area contributed by atoms with Gasteiger partial charge in [0.2, 0.25) is 5.13 Å². The third-order valence-electron chi connectivity index (χ3n) is 3.82. The number of hydrogen-bond acceptors (Lipinski definition) is 5. The molecule has 0 fully saturated rings. The van der Waals surface area contributed by atoms with Gasteiger partial charge in [-0.3, -0.25) is 0 Å². The second-order valence-corrected chi connectivity index (χ2v) is 6.34. The lowest BCUT2D eigenvalue weighted by Crippen LogP contribution is -2.06. The first kappa shape index (κ1) is 13.7. The fourth-order valence-corrected chi connectivity index (χ4v) is 3.79. The lowest BCUT2D eigenvalue weighted by Gasteiger charge is -2.06. The Balaban J connectivity index is 1.96. The molecule has 2 heterocycles. The molecule has 0 radical (unpaired) electrons. The van der Waals surface area contributed by atoms with E-state index < -0.39 is 0 Å². The van der Waals surface area contributed by atoms with Gasteiger partial charge in [0.05, 0.1) is 17.1 Å². The normalized spacial score (nSPS) is 14.5. The fraction of sp³-hybridized carbons (Fsp3) is 0.643. The van der Waals surface area contributed by atoms with E-state index in [0.717, 1.165) is 48.6 Å². The zero-order valence-corrected chi connectivity index (χ0v) is 12.7. The Kier molecular flexibility index (Phi) is 4.12. The minimum absolute atomic E-state index is 0.449. The Labute approximate surface area is 123 Å². The topological polar surface area (TPSA) is 69.6 Å². The molecule has 2 aromatic rings. The van der Waals surface area contributed by atoms with Crippen LogP contribution in [-0.2, 0) is 25.8 Å². The van der Waals surface area contributed by atoms with Crippen molar-refractivity contribution in [1.82, 2.24) is 20.0 Å². The van der Waals surface area contributed by atoms with Gasteiger partial charge in [0, 0.05) is 11.4 Å². The van der Waals surface area contributed by atoms with Gasteiger partial charge >= 0.3 is 0 Å². The molecule has 108 valence electrons. The summed E-state index contributed by atoms with van der Waals surface area (Å²) in [5.74, 6) is 0. The van der Waals surface area contributed by atoms with E-state index in [4.69, 9.17) is 10.7 Å². The smallest absolute Gasteiger partial charge is 0.212 e. The van der Waals surface area contributed by atoms with Crippen molar-refractivity contribution in [2.75, 3.05) is 0 Å². The van der Waals surface area contributed by atoms with Crippen molar-refractivity contribution < 1.29 is 0 Å². The van der Waals surface area contributed by atoms with Gasteiger partial charge in [-0.1, -0.05) is 29.9 Å². The van der Waals surface area contributed by atoms with Gasteiger partial charge in [-0.05, 0) is 38.5 Å². The van der Waals surface area contributed by atoms with Crippen molar-refractivity contribution in [3.05, 3.63) is 22.0 Å². The van der Waals surface area contributed by atoms with Crippen molar-refractivity contribution in [1.29, 1.82) is 0 Å². The maximum Gasteiger partial charge on any atom is 0.212 e. The molecule has 20 heavy (non-hydrogen) atoms. The first-order valence-corrected chi connectivity index (χ1v) is 8.27. The molecule has 6 heteroatoms. The highest BCUT2D eigenvalue weighted by atomic mass is 32.1. The van der Waals surface area contributed by atoms with E-state index in [1.165, 1.54) is 23.4 Å². The molecule has 0 aliphatic heterocycles. The summed E-state index contributed by atoms with van der Waals surface area (Å²) < 4.78 is 1.92. The Morgan fingerprint density at radius 2 is 2.15 bits per heavy atom. The molecule has 0 spiro atoms. The number of aromatic nitrogens is 4. The van der Waals surface area contributed by atoms with E-state index in [-0.39, 0.29) is 0 Å². The van der Waals surface area contributed by atoms with Gasteiger partial charge in [-0.2, -0.15) is 4.68 Å². The number of hydrogen-bond donors (Lipinski definition) is 1. The number of nitrogens with two attached hydrogens (primary N) is 1. The molecule has 2 N–H and O–H groups in total. The monoisotopic (exact) mass is 291 g/mol. The molecule has 0 saturated carbocycles. The first-order chi connectivity index (χ1) is 9.83. The highest BCUT2D eigenvalue weighted by molar-refractivity contribution is 7.14. The molecule has 3 rings (SSSR count). The van der Waals surface area contributed by atoms with Crippen LogP contribution in [0.1, 0.15) is 54.6 Å². The Bertz CT molecular complexity index is 563. The molecular weight excluding hydrogens is 270 g/mol. The van der Waals surface area contributed by atoms with Gasteiger partial charge < -0.3 is 5.73 Å². The minimum atomic E-state index is 0.449. The zero-order valence-electron chi connectivity index (χ0n) is 11.9. The van der Waals surface area contributed by atoms with Crippen LogP contribution < -0.4 is 5.73 Å². The van der Waals surface area contributed by atoms with Crippen LogP contribution >= 0.6 is 11.3 Å². The van der Waals surface area contributed by atoms with E-state index in [1.807, 2.05) is 4.68 Å². The summed E-state index contributed by atoms with van der Waals surface area (Å²) in [7, 11) is 0. The Hall–Kier alpha value is -1.27. The molecule has 0 unspecified atom stereocenters. The summed E-state index contributed by atoms with van der Waals surface area (Å²) in [6.45, 7) is 2.64. The molecule has 5 nitrogen and oxygen atoms in total. The fourth-order valence-electron chi connectivity index (χ4n) is 2.67. The number of nitrogens with zero attached hydrogens (tertiary/aromatic N) is 4. The van der Waals surface area contributed by atoms with Crippen LogP contribution in [0.15, 0.2) is 0 Å². The molecule has 1 aliphatic rings. The van der Waals surface area contributed by atoms with Crippen molar-refractivity contribution in [2.24, 2.45) is 5.73 Å². The quantitative estimate of drug-likeness (QED) is 0.918. The second-order valence-electron chi connectivity index (χ2n) is 5.28. The van der Waals surface area contributed by atoms with E-state index in [2.05, 4.69) is 17.2 Å². The highest BCUT2D eigenvalue weighted by Gasteiger charge is 2.20. The predicted molar refractivity (Wildman–Crippen MR) is 80.2 cm³/mol. The summed E-state index contributed by atoms with van der Waals surface area (Å²) in [6.07, 6.45) is 8.06. The molecule has 0 saturated heterocycles. The van der Waals surface area contributed by atoms with Crippen molar-refractivity contribution in [3.8, 4) is 5.13 Å². The zero-order chi connectivity index (χ0) is 13.9. The summed E-state index contributed by atoms with van der Waals surface area (Å²) in [4.78, 5) is 6.20. The van der Waals surface area contributed by atoms with Gasteiger partial charge in [0.15, 0.2) is 0 Å². The van der Waals surface area contributed by atoms with Gasteiger partial charge in [-0.15, -0.1) is 5.10 Å². The number of unbranched alkanes of at least 4 members (excludes halogenated alkanes) is 1. The standard InChI is InChI=1S/C14H21N5S/c1-2-3-7-12-11(9-15)17-18-19(12)14-16-10-6-4-5-8-13(10)20-14/h2-9,15H2,1H3.